The van der Waals surface area contributed by atoms with Crippen molar-refractivity contribution in [1.82, 2.24) is 30.4 Å². The molecule has 0 radical (unpaired) electrons. The number of hydrogen-bond acceptors (Lipinski definition) is 9. The molecule has 13 heteroatoms. The Labute approximate surface area is 288 Å². The molecule has 49 heavy (non-hydrogen) atoms. The second kappa shape index (κ2) is 15.1. The zero-order valence-electron chi connectivity index (χ0n) is 27.4. The Balaban J connectivity index is 1.11. The predicted octanol–water partition coefficient (Wildman–Crippen LogP) is 5.29. The summed E-state index contributed by atoms with van der Waals surface area (Å²) >= 11 is 1.43. The van der Waals surface area contributed by atoms with Crippen molar-refractivity contribution in [2.45, 2.75) is 58.2 Å². The first-order chi connectivity index (χ1) is 23.6. The van der Waals surface area contributed by atoms with Gasteiger partial charge < -0.3 is 25.4 Å². The van der Waals surface area contributed by atoms with Crippen LogP contribution in [0.15, 0.2) is 60.1 Å². The molecular formula is C36H39FN6O5S. The summed E-state index contributed by atoms with van der Waals surface area (Å²) < 4.78 is 20.5. The number of rotatable bonds is 9. The fourth-order valence-corrected chi connectivity index (χ4v) is 6.93. The first-order valence-corrected chi connectivity index (χ1v) is 17.3. The fourth-order valence-electron chi connectivity index (χ4n) is 6.34. The normalized spacial score (nSPS) is 18.1. The quantitative estimate of drug-likeness (QED) is 0.216. The second-order valence-electron chi connectivity index (χ2n) is 12.5. The Hall–Kier alpha value is -4.88. The Kier molecular flexibility index (Phi) is 10.5. The largest absolute Gasteiger partial charge is 0.508 e. The van der Waals surface area contributed by atoms with E-state index in [1.807, 2.05) is 36.1 Å². The molecule has 2 aromatic carbocycles. The topological polar surface area (TPSA) is 137 Å². The van der Waals surface area contributed by atoms with E-state index in [0.29, 0.717) is 56.8 Å². The summed E-state index contributed by atoms with van der Waals surface area (Å²) in [5.74, 6) is -0.736. The third-order valence-electron chi connectivity index (χ3n) is 8.97. The van der Waals surface area contributed by atoms with E-state index in [4.69, 9.17) is 4.74 Å². The number of aromatic hydroxyl groups is 1. The number of nitrogens with zero attached hydrogens (tertiary/aromatic N) is 4. The molecule has 0 atom stereocenters. The van der Waals surface area contributed by atoms with E-state index in [0.717, 1.165) is 47.1 Å². The highest BCUT2D eigenvalue weighted by molar-refractivity contribution is 7.09. The number of halogens is 1. The van der Waals surface area contributed by atoms with Crippen molar-refractivity contribution in [1.29, 1.82) is 0 Å². The Bertz CT molecular complexity index is 1830. The van der Waals surface area contributed by atoms with Gasteiger partial charge in [-0.25, -0.2) is 14.4 Å². The first-order valence-electron chi connectivity index (χ1n) is 16.4. The van der Waals surface area contributed by atoms with Crippen molar-refractivity contribution < 1.29 is 28.6 Å². The van der Waals surface area contributed by atoms with Crippen LogP contribution in [0.5, 0.6) is 17.4 Å². The zero-order valence-corrected chi connectivity index (χ0v) is 28.3. The van der Waals surface area contributed by atoms with E-state index in [2.05, 4.69) is 25.5 Å². The van der Waals surface area contributed by atoms with Gasteiger partial charge >= 0.3 is 0 Å². The summed E-state index contributed by atoms with van der Waals surface area (Å²) in [6.45, 7) is 6.78. The molecule has 0 bridgehead atoms. The third-order valence-corrected chi connectivity index (χ3v) is 9.75. The molecule has 1 saturated carbocycles. The van der Waals surface area contributed by atoms with Crippen molar-refractivity contribution in [2.75, 3.05) is 26.2 Å². The number of piperazine rings is 1. The summed E-state index contributed by atoms with van der Waals surface area (Å²) in [6, 6.07) is 13.5. The van der Waals surface area contributed by atoms with E-state index in [1.165, 1.54) is 11.3 Å². The third kappa shape index (κ3) is 8.59. The number of benzene rings is 2. The van der Waals surface area contributed by atoms with Gasteiger partial charge in [0.15, 0.2) is 0 Å². The second-order valence-corrected chi connectivity index (χ2v) is 13.6. The number of ether oxygens (including phenoxy) is 1. The molecule has 2 fully saturated rings. The van der Waals surface area contributed by atoms with Crippen LogP contribution in [0.2, 0.25) is 0 Å². The number of aromatic nitrogens is 2. The van der Waals surface area contributed by atoms with Crippen LogP contribution < -0.4 is 15.4 Å². The van der Waals surface area contributed by atoms with Gasteiger partial charge in [-0.15, -0.1) is 11.3 Å². The van der Waals surface area contributed by atoms with E-state index < -0.39 is 11.7 Å². The van der Waals surface area contributed by atoms with Crippen LogP contribution in [0.3, 0.4) is 0 Å². The maximum Gasteiger partial charge on any atom is 0.270 e. The van der Waals surface area contributed by atoms with E-state index in [9.17, 15) is 23.9 Å². The lowest BCUT2D eigenvalue weighted by Crippen LogP contribution is -2.47. The number of pyridine rings is 1. The lowest BCUT2D eigenvalue weighted by atomic mass is 9.91. The highest BCUT2D eigenvalue weighted by Crippen LogP contribution is 2.33. The van der Waals surface area contributed by atoms with Crippen LogP contribution in [0, 0.1) is 12.7 Å². The van der Waals surface area contributed by atoms with E-state index >= 15 is 0 Å². The summed E-state index contributed by atoms with van der Waals surface area (Å²) in [5.41, 5.74) is 3.04. The summed E-state index contributed by atoms with van der Waals surface area (Å²) in [7, 11) is 0. The Morgan fingerprint density at radius 1 is 0.980 bits per heavy atom. The molecule has 4 aromatic rings. The smallest absolute Gasteiger partial charge is 0.270 e. The number of carbonyl (C=O) groups excluding carboxylic acids is 3. The lowest BCUT2D eigenvalue weighted by molar-refractivity contribution is -0.130. The minimum atomic E-state index is -0.659. The number of hydrogen-bond donors (Lipinski definition) is 3. The number of carbonyl (C=O) groups is 3. The molecule has 11 nitrogen and oxygen atoms in total. The molecule has 0 unspecified atom stereocenters. The molecular weight excluding hydrogens is 647 g/mol. The van der Waals surface area contributed by atoms with Crippen molar-refractivity contribution >= 4 is 29.1 Å². The van der Waals surface area contributed by atoms with Crippen LogP contribution in [0.1, 0.15) is 64.0 Å². The Morgan fingerprint density at radius 3 is 2.37 bits per heavy atom. The number of thiazole rings is 1. The van der Waals surface area contributed by atoms with E-state index in [-0.39, 0.29) is 41.1 Å². The molecule has 0 spiro atoms. The minimum absolute atomic E-state index is 0.0179. The number of phenols is 1. The molecule has 2 aromatic heterocycles. The van der Waals surface area contributed by atoms with Gasteiger partial charge in [-0.2, -0.15) is 0 Å². The molecule has 2 aliphatic rings. The number of amides is 3. The van der Waals surface area contributed by atoms with Gasteiger partial charge in [0.1, 0.15) is 28.6 Å². The van der Waals surface area contributed by atoms with Crippen molar-refractivity contribution in [2.24, 2.45) is 0 Å². The first kappa shape index (κ1) is 34.0. The molecule has 1 saturated heterocycles. The van der Waals surface area contributed by atoms with Crippen LogP contribution in [-0.2, 0) is 11.3 Å². The zero-order chi connectivity index (χ0) is 34.5. The van der Waals surface area contributed by atoms with E-state index in [1.54, 1.807) is 30.5 Å². The highest BCUT2D eigenvalue weighted by Gasteiger charge is 2.27. The fraction of sp³-hybridized carbons (Fsp3) is 0.361. The van der Waals surface area contributed by atoms with Gasteiger partial charge in [-0.3, -0.25) is 19.3 Å². The van der Waals surface area contributed by atoms with Crippen LogP contribution in [0.4, 0.5) is 4.39 Å². The number of aryl methyl sites for hydroxylation is 1. The average Bonchev–Trinajstić information content (AvgIpc) is 3.53. The molecule has 6 rings (SSSR count). The maximum atomic E-state index is 14.4. The van der Waals surface area contributed by atoms with Crippen molar-refractivity contribution in [3.63, 3.8) is 0 Å². The van der Waals surface area contributed by atoms with Gasteiger partial charge in [-0.05, 0) is 79.6 Å². The SMILES string of the molecule is CC(=O)N1CCN(Cc2cc(O)ccc2-c2cccc(Oc3ncc(F)cc3C(=O)N[C@H]3CC[C@H](NC(=O)c4csc(C)n4)CC3)c2)CC1. The number of phenolic OH excluding ortho intramolecular Hbond substituents is 1. The van der Waals surface area contributed by atoms with Crippen LogP contribution in [-0.4, -0.2) is 80.9 Å². The van der Waals surface area contributed by atoms with Crippen molar-refractivity contribution in [3.05, 3.63) is 87.8 Å². The molecule has 1 aliphatic heterocycles. The van der Waals surface area contributed by atoms with Crippen LogP contribution in [0.25, 0.3) is 11.1 Å². The summed E-state index contributed by atoms with van der Waals surface area (Å²) in [4.78, 5) is 50.1. The number of nitrogens with one attached hydrogen (secondary N) is 2. The van der Waals surface area contributed by atoms with Crippen molar-refractivity contribution in [3.8, 4) is 28.5 Å². The highest BCUT2D eigenvalue weighted by atomic mass is 32.1. The summed E-state index contributed by atoms with van der Waals surface area (Å²) in [6.07, 6.45) is 3.68. The average molecular weight is 687 g/mol. The molecule has 3 N–H and O–H groups in total. The summed E-state index contributed by atoms with van der Waals surface area (Å²) in [5, 5.41) is 18.9. The minimum Gasteiger partial charge on any atom is -0.508 e. The van der Waals surface area contributed by atoms with Gasteiger partial charge in [0, 0.05) is 57.1 Å². The molecule has 3 heterocycles. The monoisotopic (exact) mass is 686 g/mol. The maximum absolute atomic E-state index is 14.4. The predicted molar refractivity (Wildman–Crippen MR) is 183 cm³/mol. The van der Waals surface area contributed by atoms with Crippen LogP contribution >= 0.6 is 11.3 Å². The molecule has 256 valence electrons. The van der Waals surface area contributed by atoms with Gasteiger partial charge in [0.2, 0.25) is 11.8 Å². The lowest BCUT2D eigenvalue weighted by Gasteiger charge is -2.34. The molecule has 3 amide bonds. The Morgan fingerprint density at radius 2 is 1.69 bits per heavy atom. The van der Waals surface area contributed by atoms with Gasteiger partial charge in [0.25, 0.3) is 11.8 Å². The van der Waals surface area contributed by atoms with Gasteiger partial charge in [-0.1, -0.05) is 18.2 Å². The standard InChI is InChI=1S/C36H39FN6O5S/c1-22-39-33(21-49-22)35(47)41-28-8-6-27(7-9-28)40-34(46)32-18-26(37)19-38-36(32)48-30-5-3-4-24(17-30)31-11-10-29(45)16-25(31)20-42-12-14-43(15-13-42)23(2)44/h3-5,10-11,16-19,21,27-28,45H,6-9,12-15,20H2,1-2H3,(H,40,46)(H,41,47)/t27-,28-. The van der Waals surface area contributed by atoms with Gasteiger partial charge in [0.05, 0.1) is 11.2 Å². The molecule has 1 aliphatic carbocycles.